The first-order valence-corrected chi connectivity index (χ1v) is 14.0. The molecule has 0 aliphatic carbocycles. The Balaban J connectivity index is 1.32. The molecule has 2 N–H and O–H groups in total. The Morgan fingerprint density at radius 2 is 1.67 bits per heavy atom. The summed E-state index contributed by atoms with van der Waals surface area (Å²) in [6, 6.07) is 16.1. The number of nitrogens with zero attached hydrogens (tertiary/aromatic N) is 2. The minimum Gasteiger partial charge on any atom is -0.496 e. The number of carbonyl (C=O) groups excluding carboxylic acids is 4. The average Bonchev–Trinajstić information content (AvgIpc) is 3.67. The largest absolute Gasteiger partial charge is 0.496 e. The molecule has 10 heteroatoms. The van der Waals surface area contributed by atoms with Gasteiger partial charge in [-0.3, -0.25) is 19.2 Å². The van der Waals surface area contributed by atoms with Gasteiger partial charge in [-0.2, -0.15) is 0 Å². The van der Waals surface area contributed by atoms with Gasteiger partial charge in [0.1, 0.15) is 17.3 Å². The molecule has 0 atom stereocenters. The van der Waals surface area contributed by atoms with Crippen LogP contribution in [0.1, 0.15) is 46.7 Å². The van der Waals surface area contributed by atoms with Crippen LogP contribution < -0.4 is 10.1 Å². The number of aromatic amines is 1. The van der Waals surface area contributed by atoms with Gasteiger partial charge in [0, 0.05) is 49.9 Å². The second-order valence-electron chi connectivity index (χ2n) is 10.7. The molecule has 1 fully saturated rings. The zero-order valence-corrected chi connectivity index (χ0v) is 23.9. The van der Waals surface area contributed by atoms with Gasteiger partial charge in [0.25, 0.3) is 17.6 Å². The molecule has 42 heavy (non-hydrogen) atoms. The molecule has 1 saturated heterocycles. The van der Waals surface area contributed by atoms with E-state index in [1.807, 2.05) is 38.1 Å². The van der Waals surface area contributed by atoms with Gasteiger partial charge in [-0.05, 0) is 42.3 Å². The SMILES string of the molecule is COc1ccc(-c2ccc(CNC(=O)CC(C)C)o2)c2[nH]cc(C(=O)C(=O)N3CCN(C(=O)c4ccccc4)CC3)c12. The highest BCUT2D eigenvalue weighted by atomic mass is 16.5. The maximum atomic E-state index is 13.5. The van der Waals surface area contributed by atoms with E-state index in [2.05, 4.69) is 10.3 Å². The summed E-state index contributed by atoms with van der Waals surface area (Å²) in [7, 11) is 1.51. The Morgan fingerprint density at radius 1 is 0.952 bits per heavy atom. The van der Waals surface area contributed by atoms with Crippen molar-refractivity contribution >= 4 is 34.4 Å². The zero-order valence-electron chi connectivity index (χ0n) is 23.9. The van der Waals surface area contributed by atoms with Crippen molar-refractivity contribution in [1.29, 1.82) is 0 Å². The first kappa shape index (κ1) is 28.7. The summed E-state index contributed by atoms with van der Waals surface area (Å²) >= 11 is 0. The smallest absolute Gasteiger partial charge is 0.295 e. The lowest BCUT2D eigenvalue weighted by Gasteiger charge is -2.34. The Kier molecular flexibility index (Phi) is 8.42. The van der Waals surface area contributed by atoms with E-state index in [0.717, 1.165) is 0 Å². The molecular weight excluding hydrogens is 536 g/mol. The number of H-pyrrole nitrogens is 1. The number of Topliss-reactive ketones (excluding diaryl/α,β-unsaturated/α-hetero) is 1. The number of furan rings is 1. The van der Waals surface area contributed by atoms with Crippen LogP contribution in [0, 0.1) is 5.92 Å². The molecule has 0 saturated carbocycles. The van der Waals surface area contributed by atoms with Crippen molar-refractivity contribution in [1.82, 2.24) is 20.1 Å². The molecule has 5 rings (SSSR count). The second-order valence-corrected chi connectivity index (χ2v) is 10.7. The number of ketones is 1. The molecular formula is C32H34N4O6. The standard InChI is InChI=1S/C32H34N4O6/c1-20(2)17-27(37)33-18-22-9-11-25(42-22)23-10-12-26(41-3)28-24(19-34-29(23)28)30(38)32(40)36-15-13-35(14-16-36)31(39)21-7-5-4-6-8-21/h4-12,19-20,34H,13-18H2,1-3H3,(H,33,37). The third kappa shape index (κ3) is 5.93. The minimum atomic E-state index is -0.660. The predicted octanol–water partition coefficient (Wildman–Crippen LogP) is 4.27. The average molecular weight is 571 g/mol. The van der Waals surface area contributed by atoms with Crippen molar-refractivity contribution in [2.75, 3.05) is 33.3 Å². The number of methoxy groups -OCH3 is 1. The van der Waals surface area contributed by atoms with E-state index in [4.69, 9.17) is 9.15 Å². The Hall–Kier alpha value is -4.86. The van der Waals surface area contributed by atoms with E-state index in [-0.39, 0.29) is 42.9 Å². The number of aromatic nitrogens is 1. The number of benzene rings is 2. The molecule has 0 unspecified atom stereocenters. The van der Waals surface area contributed by atoms with E-state index in [9.17, 15) is 19.2 Å². The molecule has 4 aromatic rings. The van der Waals surface area contributed by atoms with Crippen molar-refractivity contribution in [2.24, 2.45) is 5.92 Å². The number of ether oxygens (including phenoxy) is 1. The van der Waals surface area contributed by atoms with E-state index in [1.54, 1.807) is 35.2 Å². The van der Waals surface area contributed by atoms with Crippen molar-refractivity contribution in [2.45, 2.75) is 26.8 Å². The van der Waals surface area contributed by atoms with Gasteiger partial charge >= 0.3 is 0 Å². The highest BCUT2D eigenvalue weighted by Crippen LogP contribution is 2.37. The fraction of sp³-hybridized carbons (Fsp3) is 0.312. The number of rotatable bonds is 9. The highest BCUT2D eigenvalue weighted by Gasteiger charge is 2.31. The van der Waals surface area contributed by atoms with Crippen LogP contribution >= 0.6 is 0 Å². The molecule has 0 bridgehead atoms. The van der Waals surface area contributed by atoms with E-state index in [1.165, 1.54) is 18.2 Å². The predicted molar refractivity (Wildman–Crippen MR) is 157 cm³/mol. The summed E-state index contributed by atoms with van der Waals surface area (Å²) in [6.07, 6.45) is 1.95. The van der Waals surface area contributed by atoms with Crippen molar-refractivity contribution in [3.8, 4) is 17.1 Å². The van der Waals surface area contributed by atoms with Crippen molar-refractivity contribution in [3.63, 3.8) is 0 Å². The molecule has 10 nitrogen and oxygen atoms in total. The monoisotopic (exact) mass is 570 g/mol. The van der Waals surface area contributed by atoms with Crippen molar-refractivity contribution in [3.05, 3.63) is 77.7 Å². The lowest BCUT2D eigenvalue weighted by Crippen LogP contribution is -2.52. The number of amides is 3. The number of piperazine rings is 1. The third-order valence-electron chi connectivity index (χ3n) is 7.31. The molecule has 0 radical (unpaired) electrons. The van der Waals surface area contributed by atoms with Gasteiger partial charge < -0.3 is 29.3 Å². The van der Waals surface area contributed by atoms with Gasteiger partial charge in [0.2, 0.25) is 5.91 Å². The first-order valence-electron chi connectivity index (χ1n) is 14.0. The molecule has 1 aliphatic heterocycles. The van der Waals surface area contributed by atoms with Crippen LogP contribution in [0.4, 0.5) is 0 Å². The molecule has 3 heterocycles. The van der Waals surface area contributed by atoms with Gasteiger partial charge in [-0.25, -0.2) is 0 Å². The van der Waals surface area contributed by atoms with Gasteiger partial charge in [0.05, 0.1) is 30.1 Å². The lowest BCUT2D eigenvalue weighted by molar-refractivity contribution is -0.127. The number of nitrogens with one attached hydrogen (secondary N) is 2. The first-order chi connectivity index (χ1) is 20.3. The molecule has 2 aromatic carbocycles. The van der Waals surface area contributed by atoms with Gasteiger partial charge in [-0.1, -0.05) is 32.0 Å². The highest BCUT2D eigenvalue weighted by molar-refractivity contribution is 6.45. The Bertz CT molecular complexity index is 1610. The summed E-state index contributed by atoms with van der Waals surface area (Å²) < 4.78 is 11.6. The summed E-state index contributed by atoms with van der Waals surface area (Å²) in [4.78, 5) is 57.9. The molecule has 1 aliphatic rings. The fourth-order valence-corrected chi connectivity index (χ4v) is 5.15. The van der Waals surface area contributed by atoms with Gasteiger partial charge in [-0.15, -0.1) is 0 Å². The second kappa shape index (κ2) is 12.3. The number of hydrogen-bond donors (Lipinski definition) is 2. The topological polar surface area (TPSA) is 125 Å². The van der Waals surface area contributed by atoms with Crippen LogP contribution in [0.5, 0.6) is 5.75 Å². The minimum absolute atomic E-state index is 0.0452. The number of hydrogen-bond acceptors (Lipinski definition) is 6. The Labute approximate surface area is 243 Å². The normalized spacial score (nSPS) is 13.4. The summed E-state index contributed by atoms with van der Waals surface area (Å²) in [5.41, 5.74) is 2.07. The van der Waals surface area contributed by atoms with Crippen LogP contribution in [0.15, 0.2) is 65.2 Å². The van der Waals surface area contributed by atoms with Crippen molar-refractivity contribution < 1.29 is 28.3 Å². The van der Waals surface area contributed by atoms with E-state index >= 15 is 0 Å². The molecule has 2 aromatic heterocycles. The molecule has 3 amide bonds. The van der Waals surface area contributed by atoms with E-state index in [0.29, 0.717) is 58.8 Å². The quantitative estimate of drug-likeness (QED) is 0.229. The van der Waals surface area contributed by atoms with Crippen LogP contribution in [0.3, 0.4) is 0 Å². The van der Waals surface area contributed by atoms with Crippen LogP contribution in [0.25, 0.3) is 22.2 Å². The maximum Gasteiger partial charge on any atom is 0.295 e. The molecule has 218 valence electrons. The summed E-state index contributed by atoms with van der Waals surface area (Å²) in [5, 5.41) is 3.34. The van der Waals surface area contributed by atoms with Crippen LogP contribution in [-0.4, -0.2) is 71.6 Å². The summed E-state index contributed by atoms with van der Waals surface area (Å²) in [5.74, 6) is 0.404. The lowest BCUT2D eigenvalue weighted by atomic mass is 10.0. The number of fused-ring (bicyclic) bond motifs is 1. The zero-order chi connectivity index (χ0) is 29.8. The van der Waals surface area contributed by atoms with Crippen LogP contribution in [-0.2, 0) is 16.1 Å². The number of carbonyl (C=O) groups is 4. The van der Waals surface area contributed by atoms with E-state index < -0.39 is 11.7 Å². The van der Waals surface area contributed by atoms with Crippen LogP contribution in [0.2, 0.25) is 0 Å². The third-order valence-corrected chi connectivity index (χ3v) is 7.31. The molecule has 0 spiro atoms. The fourth-order valence-electron chi connectivity index (χ4n) is 5.15. The summed E-state index contributed by atoms with van der Waals surface area (Å²) in [6.45, 7) is 5.43. The maximum absolute atomic E-state index is 13.5. The van der Waals surface area contributed by atoms with Gasteiger partial charge in [0.15, 0.2) is 0 Å². The Morgan fingerprint density at radius 3 is 2.36 bits per heavy atom.